The van der Waals surface area contributed by atoms with E-state index in [0.717, 1.165) is 35.0 Å². The van der Waals surface area contributed by atoms with Crippen molar-refractivity contribution in [2.75, 3.05) is 26.2 Å². The fourth-order valence-electron chi connectivity index (χ4n) is 4.45. The van der Waals surface area contributed by atoms with E-state index in [9.17, 15) is 13.2 Å². The monoisotopic (exact) mass is 445 g/mol. The maximum Gasteiger partial charge on any atom is 0.260 e. The van der Waals surface area contributed by atoms with Gasteiger partial charge in [0.1, 0.15) is 11.4 Å². The predicted octanol–water partition coefficient (Wildman–Crippen LogP) is 0.871. The number of benzene rings is 1. The summed E-state index contributed by atoms with van der Waals surface area (Å²) in [5, 5.41) is 0.778. The van der Waals surface area contributed by atoms with Gasteiger partial charge in [0.2, 0.25) is 10.0 Å². The molecule has 0 bridgehead atoms. The van der Waals surface area contributed by atoms with Crippen LogP contribution < -0.4 is 10.5 Å². The second-order valence-electron chi connectivity index (χ2n) is 8.19. The number of quaternary nitrogens is 1. The third-order valence-electron chi connectivity index (χ3n) is 6.13. The molecule has 1 aliphatic heterocycles. The molecular formula is C21H25N4O3S2+. The molecular weight excluding hydrogens is 420 g/mol. The molecule has 0 saturated carbocycles. The first kappa shape index (κ1) is 19.9. The van der Waals surface area contributed by atoms with Crippen LogP contribution in [0.25, 0.3) is 10.2 Å². The van der Waals surface area contributed by atoms with Crippen LogP contribution in [0, 0.1) is 6.92 Å². The van der Waals surface area contributed by atoms with E-state index in [0.29, 0.717) is 43.4 Å². The van der Waals surface area contributed by atoms with Gasteiger partial charge in [-0.3, -0.25) is 4.79 Å². The van der Waals surface area contributed by atoms with Gasteiger partial charge in [0.25, 0.3) is 5.56 Å². The molecule has 9 heteroatoms. The van der Waals surface area contributed by atoms with Crippen LogP contribution >= 0.6 is 11.3 Å². The van der Waals surface area contributed by atoms with E-state index >= 15 is 0 Å². The molecule has 7 nitrogen and oxygen atoms in total. The molecule has 0 radical (unpaired) electrons. The lowest BCUT2D eigenvalue weighted by atomic mass is 10.2. The minimum Gasteiger partial charge on any atom is -0.326 e. The first-order valence-electron chi connectivity index (χ1n) is 10.4. The third-order valence-corrected chi connectivity index (χ3v) is 9.23. The summed E-state index contributed by atoms with van der Waals surface area (Å²) in [7, 11) is -3.46. The van der Waals surface area contributed by atoms with Gasteiger partial charge >= 0.3 is 0 Å². The highest BCUT2D eigenvalue weighted by molar-refractivity contribution is 7.89. The van der Waals surface area contributed by atoms with E-state index in [1.165, 1.54) is 15.3 Å². The normalized spacial score (nSPS) is 18.2. The third kappa shape index (κ3) is 3.49. The van der Waals surface area contributed by atoms with E-state index < -0.39 is 10.0 Å². The van der Waals surface area contributed by atoms with Gasteiger partial charge in [-0.15, -0.1) is 11.3 Å². The van der Waals surface area contributed by atoms with Crippen LogP contribution in [-0.2, 0) is 29.4 Å². The zero-order valence-corrected chi connectivity index (χ0v) is 18.5. The number of aryl methyl sites for hydroxylation is 3. The quantitative estimate of drug-likeness (QED) is 0.624. The fourth-order valence-corrected chi connectivity index (χ4v) is 7.17. The van der Waals surface area contributed by atoms with Crippen LogP contribution in [0.1, 0.15) is 28.2 Å². The second-order valence-corrected chi connectivity index (χ2v) is 11.2. The number of thiophene rings is 1. The molecule has 2 aromatic heterocycles. The number of hydrogen-bond donors (Lipinski definition) is 2. The number of sulfonamides is 1. The Kier molecular flexibility index (Phi) is 5.01. The van der Waals surface area contributed by atoms with E-state index in [4.69, 9.17) is 4.98 Å². The van der Waals surface area contributed by atoms with E-state index in [1.807, 2.05) is 19.1 Å². The Balaban J connectivity index is 1.28. The van der Waals surface area contributed by atoms with Crippen LogP contribution in [0.15, 0.2) is 34.0 Å². The highest BCUT2D eigenvalue weighted by Gasteiger charge is 2.31. The lowest BCUT2D eigenvalue weighted by Crippen LogP contribution is -3.13. The Labute approximate surface area is 179 Å². The largest absolute Gasteiger partial charge is 0.326 e. The Morgan fingerprint density at radius 3 is 2.63 bits per heavy atom. The van der Waals surface area contributed by atoms with Crippen molar-refractivity contribution in [2.24, 2.45) is 0 Å². The highest BCUT2D eigenvalue weighted by atomic mass is 32.2. The number of H-pyrrole nitrogens is 1. The molecule has 1 aromatic carbocycles. The van der Waals surface area contributed by atoms with Crippen molar-refractivity contribution in [2.45, 2.75) is 37.6 Å². The Bertz CT molecular complexity index is 1250. The van der Waals surface area contributed by atoms with Gasteiger partial charge in [-0.25, -0.2) is 13.4 Å². The van der Waals surface area contributed by atoms with Gasteiger partial charge in [0.15, 0.2) is 5.82 Å². The molecule has 0 spiro atoms. The SMILES string of the molecule is Cc1ccc(S(=O)(=O)N2CC[NH+](Cc3nc4sc5c(c4c(=O)[nH]3)CCC5)CC2)cc1. The number of fused-ring (bicyclic) bond motifs is 3. The minimum absolute atomic E-state index is 0.0330. The van der Waals surface area contributed by atoms with Crippen molar-refractivity contribution >= 4 is 31.6 Å². The van der Waals surface area contributed by atoms with Gasteiger partial charge in [0, 0.05) is 4.88 Å². The molecule has 2 aliphatic rings. The van der Waals surface area contributed by atoms with E-state index in [-0.39, 0.29) is 5.56 Å². The van der Waals surface area contributed by atoms with Crippen LogP contribution in [0.3, 0.4) is 0 Å². The molecule has 0 unspecified atom stereocenters. The zero-order chi connectivity index (χ0) is 20.9. The van der Waals surface area contributed by atoms with Gasteiger partial charge in [-0.1, -0.05) is 17.7 Å². The van der Waals surface area contributed by atoms with Gasteiger partial charge < -0.3 is 9.88 Å². The topological polar surface area (TPSA) is 87.6 Å². The Morgan fingerprint density at radius 1 is 1.17 bits per heavy atom. The Hall–Kier alpha value is -2.07. The summed E-state index contributed by atoms with van der Waals surface area (Å²) in [4.78, 5) is 24.1. The van der Waals surface area contributed by atoms with Crippen molar-refractivity contribution in [1.29, 1.82) is 0 Å². The average molecular weight is 446 g/mol. The summed E-state index contributed by atoms with van der Waals surface area (Å²) >= 11 is 1.65. The maximum atomic E-state index is 12.9. The Morgan fingerprint density at radius 2 is 1.90 bits per heavy atom. The molecule has 30 heavy (non-hydrogen) atoms. The molecule has 5 rings (SSSR count). The summed E-state index contributed by atoms with van der Waals surface area (Å²) in [5.41, 5.74) is 2.20. The van der Waals surface area contributed by atoms with Gasteiger partial charge in [-0.2, -0.15) is 4.31 Å². The van der Waals surface area contributed by atoms with Crippen LogP contribution in [0.2, 0.25) is 0 Å². The number of piperazine rings is 1. The first-order valence-corrected chi connectivity index (χ1v) is 12.6. The summed E-state index contributed by atoms with van der Waals surface area (Å²) in [6.45, 7) is 4.85. The van der Waals surface area contributed by atoms with Gasteiger partial charge in [-0.05, 0) is 43.9 Å². The summed E-state index contributed by atoms with van der Waals surface area (Å²) < 4.78 is 27.3. The molecule has 1 aliphatic carbocycles. The number of nitrogens with one attached hydrogen (secondary N) is 2. The van der Waals surface area contributed by atoms with Crippen molar-refractivity contribution in [3.63, 3.8) is 0 Å². The minimum atomic E-state index is -3.46. The molecule has 3 aromatic rings. The first-order chi connectivity index (χ1) is 14.4. The smallest absolute Gasteiger partial charge is 0.260 e. The predicted molar refractivity (Wildman–Crippen MR) is 117 cm³/mol. The molecule has 0 amide bonds. The number of nitrogens with zero attached hydrogens (tertiary/aromatic N) is 2. The zero-order valence-electron chi connectivity index (χ0n) is 16.9. The molecule has 0 atom stereocenters. The number of hydrogen-bond acceptors (Lipinski definition) is 5. The standard InChI is InChI=1S/C21H24N4O3S2/c1-14-5-7-15(8-6-14)30(27,28)25-11-9-24(10-12-25)13-18-22-20(26)19-16-3-2-4-17(16)29-21(19)23-18/h5-8H,2-4,9-13H2,1H3,(H,22,23,26)/p+1. The molecule has 158 valence electrons. The van der Waals surface area contributed by atoms with Crippen LogP contribution in [0.4, 0.5) is 0 Å². The summed E-state index contributed by atoms with van der Waals surface area (Å²) in [6.07, 6.45) is 3.15. The lowest BCUT2D eigenvalue weighted by molar-refractivity contribution is -0.917. The second kappa shape index (κ2) is 7.56. The average Bonchev–Trinajstić information content (AvgIpc) is 3.29. The summed E-state index contributed by atoms with van der Waals surface area (Å²) in [6, 6.07) is 7.00. The van der Waals surface area contributed by atoms with E-state index in [1.54, 1.807) is 27.8 Å². The molecule has 1 fully saturated rings. The van der Waals surface area contributed by atoms with Crippen molar-refractivity contribution in [1.82, 2.24) is 14.3 Å². The van der Waals surface area contributed by atoms with Crippen LogP contribution in [0.5, 0.6) is 0 Å². The van der Waals surface area contributed by atoms with Crippen molar-refractivity contribution in [3.05, 3.63) is 56.4 Å². The molecule has 1 saturated heterocycles. The van der Waals surface area contributed by atoms with E-state index in [2.05, 4.69) is 4.98 Å². The van der Waals surface area contributed by atoms with Gasteiger partial charge in [0.05, 0.1) is 36.5 Å². The number of rotatable bonds is 4. The number of aromatic amines is 1. The van der Waals surface area contributed by atoms with Crippen LogP contribution in [-0.4, -0.2) is 48.9 Å². The molecule has 3 heterocycles. The number of aromatic nitrogens is 2. The fraction of sp³-hybridized carbons (Fsp3) is 0.429. The van der Waals surface area contributed by atoms with Crippen molar-refractivity contribution in [3.8, 4) is 0 Å². The maximum absolute atomic E-state index is 12.9. The van der Waals surface area contributed by atoms with Crippen molar-refractivity contribution < 1.29 is 13.3 Å². The molecule has 2 N–H and O–H groups in total. The lowest BCUT2D eigenvalue weighted by Gasteiger charge is -2.31. The summed E-state index contributed by atoms with van der Waals surface area (Å²) in [5.74, 6) is 0.692. The highest BCUT2D eigenvalue weighted by Crippen LogP contribution is 2.34.